The first-order chi connectivity index (χ1) is 15.4. The van der Waals surface area contributed by atoms with Crippen molar-refractivity contribution in [2.45, 2.75) is 30.6 Å². The van der Waals surface area contributed by atoms with Crippen LogP contribution in [-0.4, -0.2) is 88.1 Å². The number of nitrogens with one attached hydrogen (secondary N) is 1. The molecule has 0 bridgehead atoms. The lowest BCUT2D eigenvalue weighted by Crippen LogP contribution is -2.77. The van der Waals surface area contributed by atoms with Gasteiger partial charge in [0.2, 0.25) is 5.91 Å². The summed E-state index contributed by atoms with van der Waals surface area (Å²) in [6.45, 7) is 1.67. The molecule has 3 aliphatic carbocycles. The van der Waals surface area contributed by atoms with E-state index in [1.54, 1.807) is 13.0 Å². The average molecular weight is 458 g/mol. The van der Waals surface area contributed by atoms with E-state index < -0.39 is 76.4 Å². The quantitative estimate of drug-likeness (QED) is 0.393. The van der Waals surface area contributed by atoms with E-state index in [2.05, 4.69) is 5.32 Å². The lowest BCUT2D eigenvalue weighted by atomic mass is 9.49. The van der Waals surface area contributed by atoms with E-state index in [0.717, 1.165) is 0 Å². The van der Waals surface area contributed by atoms with Crippen LogP contribution in [0.2, 0.25) is 0 Å². The number of hydrogen-bond donors (Lipinski definition) is 4. The third-order valence-corrected chi connectivity index (χ3v) is 7.58. The number of hydrogen-bond acceptors (Lipinski definition) is 9. The van der Waals surface area contributed by atoms with Crippen LogP contribution in [-0.2, 0) is 19.2 Å². The number of amides is 1. The van der Waals surface area contributed by atoms with Crippen LogP contribution in [0.3, 0.4) is 0 Å². The van der Waals surface area contributed by atoms with Crippen LogP contribution in [0.1, 0.15) is 28.8 Å². The van der Waals surface area contributed by atoms with Crippen LogP contribution in [0.4, 0.5) is 0 Å². The Morgan fingerprint density at radius 3 is 2.33 bits per heavy atom. The molecule has 8 atom stereocenters. The third-order valence-electron chi connectivity index (χ3n) is 7.58. The molecular formula is C23H26N2O8. The molecule has 0 aromatic heterocycles. The van der Waals surface area contributed by atoms with Crippen LogP contribution in [0, 0.1) is 23.7 Å². The molecule has 0 heterocycles. The Morgan fingerprint density at radius 1 is 1.12 bits per heavy atom. The van der Waals surface area contributed by atoms with Gasteiger partial charge >= 0.3 is 0 Å². The number of rotatable bonds is 2. The topological polar surface area (TPSA) is 161 Å². The molecule has 1 amide bonds. The largest absolute Gasteiger partial charge is 0.507 e. The number of aliphatic hydroxyl groups is 2. The lowest BCUT2D eigenvalue weighted by molar-refractivity contribution is -0.197. The van der Waals surface area contributed by atoms with Gasteiger partial charge in [-0.05, 0) is 31.6 Å². The normalized spacial score (nSPS) is 38.0. The Kier molecular flexibility index (Phi) is 5.31. The molecule has 10 nitrogen and oxygen atoms in total. The molecule has 0 radical (unpaired) electrons. The number of aliphatic hydroxyl groups excluding tert-OH is 1. The molecule has 2 fully saturated rings. The van der Waals surface area contributed by atoms with Gasteiger partial charge in [-0.25, -0.2) is 0 Å². The first-order valence-electron chi connectivity index (χ1n) is 10.7. The van der Waals surface area contributed by atoms with E-state index in [4.69, 9.17) is 0 Å². The summed E-state index contributed by atoms with van der Waals surface area (Å²) in [5, 5.41) is 35.5. The van der Waals surface area contributed by atoms with Gasteiger partial charge in [0.15, 0.2) is 34.7 Å². The fourth-order valence-corrected chi connectivity index (χ4v) is 6.07. The van der Waals surface area contributed by atoms with Crippen molar-refractivity contribution in [3.8, 4) is 5.75 Å². The van der Waals surface area contributed by atoms with Gasteiger partial charge in [-0.2, -0.15) is 0 Å². The Bertz CT molecular complexity index is 1100. The van der Waals surface area contributed by atoms with Crippen LogP contribution >= 0.6 is 0 Å². The first kappa shape index (κ1) is 23.2. The second-order valence-corrected chi connectivity index (χ2v) is 9.32. The molecular weight excluding hydrogens is 432 g/mol. The number of Topliss-reactive ketones (excluding diaryl/α,β-unsaturated/α-hetero) is 4. The van der Waals surface area contributed by atoms with E-state index in [9.17, 15) is 39.3 Å². The molecule has 1 aromatic carbocycles. The van der Waals surface area contributed by atoms with E-state index in [0.29, 0.717) is 5.56 Å². The summed E-state index contributed by atoms with van der Waals surface area (Å²) in [5.41, 5.74) is -2.60. The van der Waals surface area contributed by atoms with Gasteiger partial charge in [-0.3, -0.25) is 28.9 Å². The standard InChI is InChI=1S/C23H26N2O8/c1-8-9-6-5-7-10(26)12(9)17(27)13-11(8)18(28)15-16(25(3)4)19(29)14(22(32)24-2)21(31)23(15,33)20(13)30/h5-8,11,13-16,18,26,28,33H,1-4H3,(H,24,32). The summed E-state index contributed by atoms with van der Waals surface area (Å²) < 4.78 is 0. The Hall–Kier alpha value is -2.95. The summed E-state index contributed by atoms with van der Waals surface area (Å²) >= 11 is 0. The van der Waals surface area contributed by atoms with Gasteiger partial charge < -0.3 is 20.6 Å². The van der Waals surface area contributed by atoms with E-state index in [1.807, 2.05) is 0 Å². The molecule has 1 aromatic rings. The average Bonchev–Trinajstić information content (AvgIpc) is 2.76. The number of ketones is 4. The van der Waals surface area contributed by atoms with Crippen molar-refractivity contribution in [3.63, 3.8) is 0 Å². The van der Waals surface area contributed by atoms with E-state index in [-0.39, 0.29) is 11.3 Å². The Labute approximate surface area is 189 Å². The lowest BCUT2D eigenvalue weighted by Gasteiger charge is -2.56. The predicted octanol–water partition coefficient (Wildman–Crippen LogP) is -1.34. The highest BCUT2D eigenvalue weighted by Crippen LogP contribution is 2.54. The summed E-state index contributed by atoms with van der Waals surface area (Å²) in [5.74, 6) is -12.3. The second kappa shape index (κ2) is 7.54. The number of carbonyl (C=O) groups excluding carboxylic acids is 5. The zero-order chi connectivity index (χ0) is 24.6. The number of benzene rings is 1. The number of likely N-dealkylation sites (N-methyl/N-ethyl adjacent to an activating group) is 1. The number of fused-ring (bicyclic) bond motifs is 3. The highest BCUT2D eigenvalue weighted by atomic mass is 16.3. The van der Waals surface area contributed by atoms with Gasteiger partial charge in [0.05, 0.1) is 29.5 Å². The summed E-state index contributed by atoms with van der Waals surface area (Å²) in [6, 6.07) is 3.10. The molecule has 0 spiro atoms. The minimum Gasteiger partial charge on any atom is -0.507 e. The maximum absolute atomic E-state index is 13.7. The van der Waals surface area contributed by atoms with Gasteiger partial charge in [-0.1, -0.05) is 19.1 Å². The molecule has 8 unspecified atom stereocenters. The molecule has 33 heavy (non-hydrogen) atoms. The summed E-state index contributed by atoms with van der Waals surface area (Å²) in [7, 11) is 4.17. The molecule has 0 saturated heterocycles. The minimum atomic E-state index is -2.93. The van der Waals surface area contributed by atoms with Gasteiger partial charge in [0.1, 0.15) is 5.75 Å². The first-order valence-corrected chi connectivity index (χ1v) is 10.7. The molecule has 4 rings (SSSR count). The molecule has 10 heteroatoms. The zero-order valence-corrected chi connectivity index (χ0v) is 18.6. The van der Waals surface area contributed by atoms with Crippen molar-refractivity contribution in [2.75, 3.05) is 21.1 Å². The molecule has 176 valence electrons. The van der Waals surface area contributed by atoms with Crippen molar-refractivity contribution in [1.82, 2.24) is 10.2 Å². The van der Waals surface area contributed by atoms with Gasteiger partial charge in [0.25, 0.3) is 0 Å². The molecule has 3 aliphatic rings. The van der Waals surface area contributed by atoms with Crippen molar-refractivity contribution >= 4 is 29.0 Å². The third kappa shape index (κ3) is 2.81. The van der Waals surface area contributed by atoms with Crippen molar-refractivity contribution in [1.29, 1.82) is 0 Å². The fraction of sp³-hybridized carbons (Fsp3) is 0.522. The molecule has 0 aliphatic heterocycles. The van der Waals surface area contributed by atoms with Crippen molar-refractivity contribution in [3.05, 3.63) is 29.3 Å². The maximum Gasteiger partial charge on any atom is 0.238 e. The van der Waals surface area contributed by atoms with E-state index in [1.165, 1.54) is 38.2 Å². The van der Waals surface area contributed by atoms with Crippen LogP contribution in [0.15, 0.2) is 18.2 Å². The predicted molar refractivity (Wildman–Crippen MR) is 112 cm³/mol. The molecule has 4 N–H and O–H groups in total. The smallest absolute Gasteiger partial charge is 0.238 e. The number of aromatic hydroxyl groups is 1. The SMILES string of the molecule is CNC(=O)C1C(=O)C(N(C)C)C2C(O)C3C(C(=O)c4c(O)cccc4C3C)C(=O)C2(O)C1=O. The van der Waals surface area contributed by atoms with E-state index >= 15 is 0 Å². The zero-order valence-electron chi connectivity index (χ0n) is 18.6. The Balaban J connectivity index is 1.95. The second-order valence-electron chi connectivity index (χ2n) is 9.32. The van der Waals surface area contributed by atoms with Crippen LogP contribution < -0.4 is 5.32 Å². The molecule has 2 saturated carbocycles. The van der Waals surface area contributed by atoms with Crippen LogP contribution in [0.5, 0.6) is 5.75 Å². The van der Waals surface area contributed by atoms with Crippen molar-refractivity contribution in [2.24, 2.45) is 23.7 Å². The van der Waals surface area contributed by atoms with Crippen LogP contribution in [0.25, 0.3) is 0 Å². The number of phenolic OH excluding ortho intramolecular Hbond substituents is 1. The summed E-state index contributed by atoms with van der Waals surface area (Å²) in [4.78, 5) is 67.4. The highest BCUT2D eigenvalue weighted by Gasteiger charge is 2.72. The van der Waals surface area contributed by atoms with Gasteiger partial charge in [-0.15, -0.1) is 0 Å². The maximum atomic E-state index is 13.7. The fourth-order valence-electron chi connectivity index (χ4n) is 6.07. The Morgan fingerprint density at radius 2 is 1.76 bits per heavy atom. The van der Waals surface area contributed by atoms with Crippen molar-refractivity contribution < 1.29 is 39.3 Å². The number of nitrogens with zero attached hydrogens (tertiary/aromatic N) is 1. The number of carbonyl (C=O) groups is 5. The minimum absolute atomic E-state index is 0.0970. The number of phenols is 1. The summed E-state index contributed by atoms with van der Waals surface area (Å²) in [6.07, 6.45) is -1.60. The highest BCUT2D eigenvalue weighted by molar-refractivity contribution is 6.32. The monoisotopic (exact) mass is 458 g/mol. The van der Waals surface area contributed by atoms with Gasteiger partial charge in [0, 0.05) is 13.0 Å².